The van der Waals surface area contributed by atoms with E-state index in [9.17, 15) is 0 Å². The first kappa shape index (κ1) is 13.9. The van der Waals surface area contributed by atoms with E-state index in [0.29, 0.717) is 0 Å². The van der Waals surface area contributed by atoms with Crippen LogP contribution in [0.5, 0.6) is 0 Å². The Hall–Kier alpha value is -0.0800. The minimum Gasteiger partial charge on any atom is -0.314 e. The third-order valence-corrected chi connectivity index (χ3v) is 5.62. The Morgan fingerprint density at radius 2 is 1.74 bits per heavy atom. The zero-order valence-electron chi connectivity index (χ0n) is 12.7. The second-order valence-corrected chi connectivity index (χ2v) is 7.30. The van der Waals surface area contributed by atoms with Gasteiger partial charge in [-0.05, 0) is 69.9 Å². The van der Waals surface area contributed by atoms with Crippen LogP contribution in [0.1, 0.15) is 64.7 Å². The third-order valence-electron chi connectivity index (χ3n) is 5.62. The highest BCUT2D eigenvalue weighted by atomic mass is 15.2. The van der Waals surface area contributed by atoms with Crippen LogP contribution in [0.2, 0.25) is 0 Å². The summed E-state index contributed by atoms with van der Waals surface area (Å²) in [5.74, 6) is 1.98. The Kier molecular flexibility index (Phi) is 4.81. The molecule has 0 bridgehead atoms. The molecule has 1 saturated heterocycles. The molecule has 2 saturated carbocycles. The molecule has 110 valence electrons. The normalized spacial score (nSPS) is 36.8. The van der Waals surface area contributed by atoms with Crippen molar-refractivity contribution in [3.63, 3.8) is 0 Å². The predicted molar refractivity (Wildman–Crippen MR) is 81.4 cm³/mol. The van der Waals surface area contributed by atoms with E-state index < -0.39 is 0 Å². The van der Waals surface area contributed by atoms with Crippen LogP contribution in [-0.4, -0.2) is 36.6 Å². The summed E-state index contributed by atoms with van der Waals surface area (Å²) < 4.78 is 0. The van der Waals surface area contributed by atoms with Gasteiger partial charge in [-0.25, -0.2) is 0 Å². The van der Waals surface area contributed by atoms with E-state index in [4.69, 9.17) is 0 Å². The molecule has 0 amide bonds. The van der Waals surface area contributed by atoms with E-state index in [2.05, 4.69) is 17.1 Å². The van der Waals surface area contributed by atoms with Gasteiger partial charge in [-0.1, -0.05) is 19.8 Å². The van der Waals surface area contributed by atoms with Crippen LogP contribution in [0, 0.1) is 11.8 Å². The van der Waals surface area contributed by atoms with Crippen molar-refractivity contribution in [2.24, 2.45) is 11.8 Å². The maximum atomic E-state index is 3.88. The van der Waals surface area contributed by atoms with Crippen LogP contribution in [-0.2, 0) is 0 Å². The fourth-order valence-electron chi connectivity index (χ4n) is 4.20. The Labute approximate surface area is 119 Å². The molecule has 0 spiro atoms. The van der Waals surface area contributed by atoms with Crippen LogP contribution in [0.25, 0.3) is 0 Å². The summed E-state index contributed by atoms with van der Waals surface area (Å²) in [7, 11) is 0. The topological polar surface area (TPSA) is 15.3 Å². The van der Waals surface area contributed by atoms with Crippen LogP contribution >= 0.6 is 0 Å². The summed E-state index contributed by atoms with van der Waals surface area (Å²) in [5, 5.41) is 3.88. The molecular weight excluding hydrogens is 232 g/mol. The number of likely N-dealkylation sites (tertiary alicyclic amines) is 1. The van der Waals surface area contributed by atoms with Crippen LogP contribution in [0.15, 0.2) is 0 Å². The van der Waals surface area contributed by atoms with E-state index in [-0.39, 0.29) is 0 Å². The average molecular weight is 264 g/mol. The van der Waals surface area contributed by atoms with E-state index in [0.717, 1.165) is 23.9 Å². The molecule has 1 heterocycles. The molecule has 19 heavy (non-hydrogen) atoms. The lowest BCUT2D eigenvalue weighted by Crippen LogP contribution is -2.37. The number of nitrogens with zero attached hydrogens (tertiary/aromatic N) is 1. The number of hydrogen-bond acceptors (Lipinski definition) is 2. The lowest BCUT2D eigenvalue weighted by atomic mass is 9.83. The molecule has 0 aromatic heterocycles. The SMILES string of the molecule is CCCC1CCC(NCC2CCN(C3CC3)C2)CC1. The summed E-state index contributed by atoms with van der Waals surface area (Å²) >= 11 is 0. The van der Waals surface area contributed by atoms with Gasteiger partial charge in [-0.15, -0.1) is 0 Å². The lowest BCUT2D eigenvalue weighted by molar-refractivity contribution is 0.265. The second-order valence-electron chi connectivity index (χ2n) is 7.30. The molecule has 0 radical (unpaired) electrons. The minimum absolute atomic E-state index is 0.836. The minimum atomic E-state index is 0.836. The van der Waals surface area contributed by atoms with Crippen molar-refractivity contribution in [2.45, 2.75) is 76.8 Å². The van der Waals surface area contributed by atoms with Crippen LogP contribution in [0.3, 0.4) is 0 Å². The Balaban J connectivity index is 1.30. The first-order valence-corrected chi connectivity index (χ1v) is 8.82. The molecule has 0 aromatic rings. The number of rotatable bonds is 6. The molecular formula is C17H32N2. The summed E-state index contributed by atoms with van der Waals surface area (Å²) in [6.45, 7) is 6.37. The Bertz CT molecular complexity index is 266. The second kappa shape index (κ2) is 6.58. The maximum absolute atomic E-state index is 3.88. The van der Waals surface area contributed by atoms with Crippen molar-refractivity contribution in [3.8, 4) is 0 Å². The van der Waals surface area contributed by atoms with Gasteiger partial charge in [-0.3, -0.25) is 0 Å². The van der Waals surface area contributed by atoms with Gasteiger partial charge >= 0.3 is 0 Å². The number of nitrogens with one attached hydrogen (secondary N) is 1. The first-order valence-electron chi connectivity index (χ1n) is 8.82. The summed E-state index contributed by atoms with van der Waals surface area (Å²) in [4.78, 5) is 2.74. The van der Waals surface area contributed by atoms with Crippen molar-refractivity contribution in [1.29, 1.82) is 0 Å². The van der Waals surface area contributed by atoms with Crippen LogP contribution < -0.4 is 5.32 Å². The summed E-state index contributed by atoms with van der Waals surface area (Å²) in [6, 6.07) is 1.82. The smallest absolute Gasteiger partial charge is 0.00965 e. The molecule has 0 aromatic carbocycles. The molecule has 2 aliphatic carbocycles. The Morgan fingerprint density at radius 1 is 0.947 bits per heavy atom. The summed E-state index contributed by atoms with van der Waals surface area (Å²) in [6.07, 6.45) is 13.0. The highest BCUT2D eigenvalue weighted by Crippen LogP contribution is 2.32. The van der Waals surface area contributed by atoms with E-state index >= 15 is 0 Å². The fourth-order valence-corrected chi connectivity index (χ4v) is 4.20. The van der Waals surface area contributed by atoms with E-state index in [1.807, 2.05) is 0 Å². The van der Waals surface area contributed by atoms with Gasteiger partial charge in [0.1, 0.15) is 0 Å². The molecule has 3 aliphatic rings. The quantitative estimate of drug-likeness (QED) is 0.791. The standard InChI is InChI=1S/C17H32N2/c1-2-3-14-4-6-16(7-5-14)18-12-15-10-11-19(13-15)17-8-9-17/h14-18H,2-13H2,1H3. The lowest BCUT2D eigenvalue weighted by Gasteiger charge is -2.30. The van der Waals surface area contributed by atoms with Crippen molar-refractivity contribution in [3.05, 3.63) is 0 Å². The van der Waals surface area contributed by atoms with Crippen molar-refractivity contribution in [2.75, 3.05) is 19.6 Å². The third kappa shape index (κ3) is 3.95. The van der Waals surface area contributed by atoms with Gasteiger partial charge < -0.3 is 10.2 Å². The highest BCUT2D eigenvalue weighted by Gasteiger charge is 2.34. The van der Waals surface area contributed by atoms with Gasteiger partial charge in [-0.2, -0.15) is 0 Å². The van der Waals surface area contributed by atoms with Crippen molar-refractivity contribution in [1.82, 2.24) is 10.2 Å². The number of hydrogen-bond donors (Lipinski definition) is 1. The molecule has 3 rings (SSSR count). The highest BCUT2D eigenvalue weighted by molar-refractivity contribution is 4.90. The maximum Gasteiger partial charge on any atom is 0.00965 e. The molecule has 1 atom stereocenters. The molecule has 2 heteroatoms. The summed E-state index contributed by atoms with van der Waals surface area (Å²) in [5.41, 5.74) is 0. The first-order chi connectivity index (χ1) is 9.35. The molecule has 1 N–H and O–H groups in total. The molecule has 2 nitrogen and oxygen atoms in total. The van der Waals surface area contributed by atoms with E-state index in [1.54, 1.807) is 0 Å². The Morgan fingerprint density at radius 3 is 2.42 bits per heavy atom. The van der Waals surface area contributed by atoms with Crippen LogP contribution in [0.4, 0.5) is 0 Å². The molecule has 3 fully saturated rings. The zero-order chi connectivity index (χ0) is 13.1. The monoisotopic (exact) mass is 264 g/mol. The zero-order valence-corrected chi connectivity index (χ0v) is 12.7. The molecule has 1 aliphatic heterocycles. The van der Waals surface area contributed by atoms with Gasteiger partial charge in [0.05, 0.1) is 0 Å². The van der Waals surface area contributed by atoms with Crippen molar-refractivity contribution < 1.29 is 0 Å². The largest absolute Gasteiger partial charge is 0.314 e. The average Bonchev–Trinajstić information content (AvgIpc) is 3.18. The molecule has 1 unspecified atom stereocenters. The van der Waals surface area contributed by atoms with Gasteiger partial charge in [0.2, 0.25) is 0 Å². The van der Waals surface area contributed by atoms with Gasteiger partial charge in [0.15, 0.2) is 0 Å². The van der Waals surface area contributed by atoms with Gasteiger partial charge in [0.25, 0.3) is 0 Å². The van der Waals surface area contributed by atoms with Crippen molar-refractivity contribution >= 4 is 0 Å². The van der Waals surface area contributed by atoms with Gasteiger partial charge in [0, 0.05) is 18.6 Å². The van der Waals surface area contributed by atoms with E-state index in [1.165, 1.54) is 77.4 Å². The predicted octanol–water partition coefficient (Wildman–Crippen LogP) is 3.42. The fraction of sp³-hybridized carbons (Fsp3) is 1.00.